The fraction of sp³-hybridized carbons (Fsp3) is 0.667. The lowest BCUT2D eigenvalue weighted by molar-refractivity contribution is 0.0580. The van der Waals surface area contributed by atoms with Gasteiger partial charge in [0, 0.05) is 17.2 Å². The number of nitrogens with zero attached hydrogens (tertiary/aromatic N) is 1. The number of aromatic amines is 1. The van der Waals surface area contributed by atoms with E-state index in [1.807, 2.05) is 0 Å². The average Bonchev–Trinajstić information content (AvgIpc) is 3.02. The first-order valence-electron chi connectivity index (χ1n) is 6.79. The van der Waals surface area contributed by atoms with E-state index in [-0.39, 0.29) is 22.4 Å². The third-order valence-electron chi connectivity index (χ3n) is 3.39. The van der Waals surface area contributed by atoms with Crippen LogP contribution in [0.4, 0.5) is 0 Å². The van der Waals surface area contributed by atoms with E-state index in [4.69, 9.17) is 15.4 Å². The average molecular weight is 336 g/mol. The highest BCUT2D eigenvalue weighted by Gasteiger charge is 2.26. The van der Waals surface area contributed by atoms with Crippen LogP contribution in [0.2, 0.25) is 0 Å². The SMILES string of the molecule is Cc1[nH]nc(C(=O)NCCOC2CCCC2)c1S(=O)(=O)Cl. The van der Waals surface area contributed by atoms with Crippen LogP contribution >= 0.6 is 10.7 Å². The second kappa shape index (κ2) is 6.76. The number of carbonyl (C=O) groups is 1. The number of aromatic nitrogens is 2. The molecule has 118 valence electrons. The molecule has 0 saturated heterocycles. The number of ether oxygens (including phenoxy) is 1. The summed E-state index contributed by atoms with van der Waals surface area (Å²) in [6, 6.07) is 0. The monoisotopic (exact) mass is 335 g/mol. The van der Waals surface area contributed by atoms with E-state index in [1.54, 1.807) is 0 Å². The summed E-state index contributed by atoms with van der Waals surface area (Å²) in [7, 11) is 1.29. The standard InChI is InChI=1S/C12H18ClN3O4S/c1-8-11(21(13,18)19)10(16-15-8)12(17)14-6-7-20-9-4-2-3-5-9/h9H,2-7H2,1H3,(H,14,17)(H,15,16). The Morgan fingerprint density at radius 1 is 1.48 bits per heavy atom. The molecule has 1 aromatic heterocycles. The summed E-state index contributed by atoms with van der Waals surface area (Å²) in [5.41, 5.74) is 0.0146. The van der Waals surface area contributed by atoms with Crippen LogP contribution in [0.15, 0.2) is 4.90 Å². The van der Waals surface area contributed by atoms with Crippen molar-refractivity contribution in [2.75, 3.05) is 13.2 Å². The van der Waals surface area contributed by atoms with Crippen LogP contribution in [0.25, 0.3) is 0 Å². The largest absolute Gasteiger partial charge is 0.376 e. The lowest BCUT2D eigenvalue weighted by Crippen LogP contribution is -2.29. The second-order valence-corrected chi connectivity index (χ2v) is 7.50. The van der Waals surface area contributed by atoms with Crippen LogP contribution in [-0.2, 0) is 13.8 Å². The first-order valence-corrected chi connectivity index (χ1v) is 9.10. The van der Waals surface area contributed by atoms with Gasteiger partial charge in [-0.2, -0.15) is 5.10 Å². The molecule has 2 rings (SSSR count). The van der Waals surface area contributed by atoms with Gasteiger partial charge in [0.15, 0.2) is 5.69 Å². The first-order chi connectivity index (χ1) is 9.89. The van der Waals surface area contributed by atoms with E-state index in [0.29, 0.717) is 13.2 Å². The van der Waals surface area contributed by atoms with Crippen LogP contribution in [0.1, 0.15) is 41.9 Å². The third kappa shape index (κ3) is 4.18. The molecule has 9 heteroatoms. The molecule has 1 aromatic rings. The molecule has 7 nitrogen and oxygen atoms in total. The number of aryl methyl sites for hydroxylation is 1. The number of hydrogen-bond acceptors (Lipinski definition) is 5. The minimum absolute atomic E-state index is 0.219. The molecule has 0 radical (unpaired) electrons. The summed E-state index contributed by atoms with van der Waals surface area (Å²) >= 11 is 0. The Morgan fingerprint density at radius 3 is 2.76 bits per heavy atom. The number of halogens is 1. The highest BCUT2D eigenvalue weighted by atomic mass is 35.7. The zero-order valence-electron chi connectivity index (χ0n) is 11.7. The van der Waals surface area contributed by atoms with Crippen molar-refractivity contribution < 1.29 is 17.9 Å². The molecule has 0 aromatic carbocycles. The van der Waals surface area contributed by atoms with E-state index >= 15 is 0 Å². The van der Waals surface area contributed by atoms with Gasteiger partial charge >= 0.3 is 0 Å². The minimum Gasteiger partial charge on any atom is -0.376 e. The number of H-pyrrole nitrogens is 1. The highest BCUT2D eigenvalue weighted by Crippen LogP contribution is 2.22. The molecule has 1 amide bonds. The van der Waals surface area contributed by atoms with E-state index in [0.717, 1.165) is 12.8 Å². The molecule has 1 saturated carbocycles. The van der Waals surface area contributed by atoms with Gasteiger partial charge in [0.05, 0.1) is 18.4 Å². The Hall–Kier alpha value is -1.12. The van der Waals surface area contributed by atoms with Gasteiger partial charge < -0.3 is 10.1 Å². The minimum atomic E-state index is -4.02. The van der Waals surface area contributed by atoms with Crippen molar-refractivity contribution in [2.24, 2.45) is 0 Å². The van der Waals surface area contributed by atoms with Crippen molar-refractivity contribution in [1.29, 1.82) is 0 Å². The van der Waals surface area contributed by atoms with Crippen molar-refractivity contribution in [1.82, 2.24) is 15.5 Å². The molecule has 0 aliphatic heterocycles. The Labute approximate surface area is 127 Å². The van der Waals surface area contributed by atoms with Crippen LogP contribution < -0.4 is 5.32 Å². The van der Waals surface area contributed by atoms with Gasteiger partial charge in [0.1, 0.15) is 4.90 Å². The van der Waals surface area contributed by atoms with Crippen molar-refractivity contribution in [2.45, 2.75) is 43.6 Å². The van der Waals surface area contributed by atoms with Gasteiger partial charge in [-0.25, -0.2) is 8.42 Å². The van der Waals surface area contributed by atoms with Crippen LogP contribution in [0, 0.1) is 6.92 Å². The quantitative estimate of drug-likeness (QED) is 0.603. The van der Waals surface area contributed by atoms with Crippen molar-refractivity contribution >= 4 is 25.6 Å². The topological polar surface area (TPSA) is 101 Å². The Balaban J connectivity index is 1.89. The molecule has 0 atom stereocenters. The van der Waals surface area contributed by atoms with Gasteiger partial charge in [0.25, 0.3) is 15.0 Å². The van der Waals surface area contributed by atoms with Crippen LogP contribution in [-0.4, -0.2) is 43.8 Å². The molecule has 21 heavy (non-hydrogen) atoms. The van der Waals surface area contributed by atoms with Gasteiger partial charge in [-0.15, -0.1) is 0 Å². The van der Waals surface area contributed by atoms with Gasteiger partial charge in [-0.05, 0) is 19.8 Å². The normalized spacial score (nSPS) is 16.3. The van der Waals surface area contributed by atoms with E-state index in [1.165, 1.54) is 19.8 Å². The van der Waals surface area contributed by atoms with Crippen molar-refractivity contribution in [3.8, 4) is 0 Å². The third-order valence-corrected chi connectivity index (χ3v) is 4.84. The summed E-state index contributed by atoms with van der Waals surface area (Å²) in [6.45, 7) is 2.17. The van der Waals surface area contributed by atoms with Crippen molar-refractivity contribution in [3.63, 3.8) is 0 Å². The zero-order valence-corrected chi connectivity index (χ0v) is 13.3. The number of rotatable bonds is 6. The summed E-state index contributed by atoms with van der Waals surface area (Å²) in [6.07, 6.45) is 4.75. The molecule has 1 aliphatic carbocycles. The van der Waals surface area contributed by atoms with E-state index < -0.39 is 15.0 Å². The summed E-state index contributed by atoms with van der Waals surface area (Å²) in [4.78, 5) is 11.7. The summed E-state index contributed by atoms with van der Waals surface area (Å²) < 4.78 is 28.5. The summed E-state index contributed by atoms with van der Waals surface area (Å²) in [5, 5.41) is 8.73. The first kappa shape index (κ1) is 16.3. The molecule has 1 aliphatic rings. The molecule has 1 heterocycles. The van der Waals surface area contributed by atoms with Crippen LogP contribution in [0.5, 0.6) is 0 Å². The van der Waals surface area contributed by atoms with E-state index in [9.17, 15) is 13.2 Å². The molecule has 0 spiro atoms. The number of nitrogens with one attached hydrogen (secondary N) is 2. The number of amides is 1. The van der Waals surface area contributed by atoms with Crippen molar-refractivity contribution in [3.05, 3.63) is 11.4 Å². The highest BCUT2D eigenvalue weighted by molar-refractivity contribution is 8.13. The molecule has 0 unspecified atom stereocenters. The van der Waals surface area contributed by atoms with Gasteiger partial charge in [0.2, 0.25) is 0 Å². The second-order valence-electron chi connectivity index (χ2n) is 5.00. The molecule has 0 bridgehead atoms. The van der Waals surface area contributed by atoms with Gasteiger partial charge in [-0.3, -0.25) is 9.89 Å². The fourth-order valence-corrected chi connectivity index (χ4v) is 3.75. The molecule has 2 N–H and O–H groups in total. The van der Waals surface area contributed by atoms with Crippen LogP contribution in [0.3, 0.4) is 0 Å². The Kier molecular flexibility index (Phi) is 5.23. The van der Waals surface area contributed by atoms with Gasteiger partial charge in [-0.1, -0.05) is 12.8 Å². The molecule has 1 fully saturated rings. The Morgan fingerprint density at radius 2 is 2.14 bits per heavy atom. The molecular weight excluding hydrogens is 318 g/mol. The number of hydrogen-bond donors (Lipinski definition) is 2. The predicted molar refractivity (Wildman–Crippen MR) is 76.9 cm³/mol. The lowest BCUT2D eigenvalue weighted by Gasteiger charge is -2.11. The zero-order chi connectivity index (χ0) is 15.5. The molecular formula is C12H18ClN3O4S. The fourth-order valence-electron chi connectivity index (χ4n) is 2.40. The lowest BCUT2D eigenvalue weighted by atomic mass is 10.3. The smallest absolute Gasteiger partial charge is 0.273 e. The maximum absolute atomic E-state index is 11.9. The number of carbonyl (C=O) groups excluding carboxylic acids is 1. The summed E-state index contributed by atoms with van der Waals surface area (Å²) in [5.74, 6) is -0.589. The Bertz CT molecular complexity index is 608. The predicted octanol–water partition coefficient (Wildman–Crippen LogP) is 1.33. The maximum atomic E-state index is 11.9. The van der Waals surface area contributed by atoms with E-state index in [2.05, 4.69) is 15.5 Å². The maximum Gasteiger partial charge on any atom is 0.273 e.